The molecule has 21 heavy (non-hydrogen) atoms. The van der Waals surface area contributed by atoms with Gasteiger partial charge in [0.05, 0.1) is 11.6 Å². The fraction of sp³-hybridized carbons (Fsp3) is 0.562. The number of nitrogens with one attached hydrogen (secondary N) is 1. The number of carbonyl (C=O) groups excluding carboxylic acids is 1. The molecule has 1 aliphatic rings. The summed E-state index contributed by atoms with van der Waals surface area (Å²) in [5.74, 6) is -0.0808. The van der Waals surface area contributed by atoms with Crippen molar-refractivity contribution in [2.45, 2.75) is 56.7 Å². The van der Waals surface area contributed by atoms with E-state index >= 15 is 0 Å². The standard InChI is InChI=1S/C16H24N2O2.ClH/c1-12(11-14(19)13-7-3-2-4-8-13)18-15(20)16(17)9-5-6-10-16;/h2-4,7-8,12,14,19H,5-6,9-11,17H2,1H3,(H,18,20);1H. The number of hydrogen-bond acceptors (Lipinski definition) is 3. The predicted molar refractivity (Wildman–Crippen MR) is 86.3 cm³/mol. The number of nitrogens with two attached hydrogens (primary N) is 1. The van der Waals surface area contributed by atoms with Gasteiger partial charge in [0.1, 0.15) is 0 Å². The maximum absolute atomic E-state index is 12.2. The zero-order valence-corrected chi connectivity index (χ0v) is 13.2. The van der Waals surface area contributed by atoms with Gasteiger partial charge in [-0.3, -0.25) is 4.79 Å². The smallest absolute Gasteiger partial charge is 0.240 e. The molecule has 0 spiro atoms. The molecule has 1 aromatic rings. The Labute approximate surface area is 132 Å². The van der Waals surface area contributed by atoms with Crippen molar-refractivity contribution in [3.05, 3.63) is 35.9 Å². The van der Waals surface area contributed by atoms with Crippen molar-refractivity contribution in [1.29, 1.82) is 0 Å². The van der Waals surface area contributed by atoms with Crippen molar-refractivity contribution >= 4 is 18.3 Å². The number of aliphatic hydroxyl groups is 1. The minimum Gasteiger partial charge on any atom is -0.388 e. The zero-order chi connectivity index (χ0) is 14.6. The van der Waals surface area contributed by atoms with E-state index in [1.54, 1.807) is 0 Å². The maximum Gasteiger partial charge on any atom is 0.240 e. The van der Waals surface area contributed by atoms with Crippen molar-refractivity contribution in [2.24, 2.45) is 5.73 Å². The molecule has 0 aromatic heterocycles. The first-order chi connectivity index (χ1) is 9.51. The van der Waals surface area contributed by atoms with Crippen LogP contribution in [0.5, 0.6) is 0 Å². The number of rotatable bonds is 5. The molecule has 1 fully saturated rings. The average molecular weight is 313 g/mol. The molecule has 118 valence electrons. The monoisotopic (exact) mass is 312 g/mol. The highest BCUT2D eigenvalue weighted by atomic mass is 35.5. The highest BCUT2D eigenvalue weighted by molar-refractivity contribution is 5.86. The van der Waals surface area contributed by atoms with Gasteiger partial charge in [0.2, 0.25) is 5.91 Å². The molecule has 1 aliphatic carbocycles. The Kier molecular flexibility index (Phi) is 6.65. The minimum atomic E-state index is -0.702. The van der Waals surface area contributed by atoms with E-state index in [9.17, 15) is 9.90 Å². The highest BCUT2D eigenvalue weighted by Gasteiger charge is 2.37. The van der Waals surface area contributed by atoms with Crippen molar-refractivity contribution < 1.29 is 9.90 Å². The second kappa shape index (κ2) is 7.78. The quantitative estimate of drug-likeness (QED) is 0.781. The molecule has 0 aliphatic heterocycles. The summed E-state index contributed by atoms with van der Waals surface area (Å²) in [6.45, 7) is 1.91. The molecule has 2 atom stereocenters. The van der Waals surface area contributed by atoms with Gasteiger partial charge < -0.3 is 16.2 Å². The van der Waals surface area contributed by atoms with Crippen LogP contribution in [0.2, 0.25) is 0 Å². The van der Waals surface area contributed by atoms with Crippen LogP contribution in [-0.4, -0.2) is 22.6 Å². The highest BCUT2D eigenvalue weighted by Crippen LogP contribution is 2.27. The molecule has 5 heteroatoms. The van der Waals surface area contributed by atoms with Gasteiger partial charge in [0.25, 0.3) is 0 Å². The van der Waals surface area contributed by atoms with E-state index < -0.39 is 11.6 Å². The van der Waals surface area contributed by atoms with Crippen LogP contribution in [0.15, 0.2) is 30.3 Å². The first kappa shape index (κ1) is 18.0. The summed E-state index contributed by atoms with van der Waals surface area (Å²) in [6, 6.07) is 9.39. The summed E-state index contributed by atoms with van der Waals surface area (Å²) in [4.78, 5) is 12.2. The molecule has 1 aromatic carbocycles. The van der Waals surface area contributed by atoms with Gasteiger partial charge in [0.15, 0.2) is 0 Å². The van der Waals surface area contributed by atoms with Gasteiger partial charge in [-0.05, 0) is 31.7 Å². The third kappa shape index (κ3) is 4.70. The number of halogens is 1. The van der Waals surface area contributed by atoms with E-state index in [-0.39, 0.29) is 24.4 Å². The third-order valence-electron chi connectivity index (χ3n) is 4.09. The second-order valence-corrected chi connectivity index (χ2v) is 5.90. The molecule has 0 radical (unpaired) electrons. The summed E-state index contributed by atoms with van der Waals surface area (Å²) in [5, 5.41) is 13.1. The van der Waals surface area contributed by atoms with Gasteiger partial charge >= 0.3 is 0 Å². The largest absolute Gasteiger partial charge is 0.388 e. The maximum atomic E-state index is 12.2. The van der Waals surface area contributed by atoms with E-state index in [0.717, 1.165) is 31.2 Å². The summed E-state index contributed by atoms with van der Waals surface area (Å²) in [6.07, 6.45) is 3.48. The molecule has 1 saturated carbocycles. The van der Waals surface area contributed by atoms with Gasteiger partial charge in [-0.2, -0.15) is 0 Å². The molecule has 4 nitrogen and oxygen atoms in total. The topological polar surface area (TPSA) is 75.3 Å². The molecule has 1 amide bonds. The van der Waals surface area contributed by atoms with Gasteiger partial charge in [0, 0.05) is 6.04 Å². The first-order valence-corrected chi connectivity index (χ1v) is 7.34. The van der Waals surface area contributed by atoms with E-state index in [1.807, 2.05) is 37.3 Å². The van der Waals surface area contributed by atoms with Crippen molar-refractivity contribution in [3.63, 3.8) is 0 Å². The molecular formula is C16H25ClN2O2. The number of aliphatic hydroxyl groups excluding tert-OH is 1. The van der Waals surface area contributed by atoms with Crippen LogP contribution in [-0.2, 0) is 4.79 Å². The predicted octanol–water partition coefficient (Wildman–Crippen LogP) is 2.31. The van der Waals surface area contributed by atoms with Crippen LogP contribution in [0.3, 0.4) is 0 Å². The molecule has 4 N–H and O–H groups in total. The van der Waals surface area contributed by atoms with Gasteiger partial charge in [-0.25, -0.2) is 0 Å². The average Bonchev–Trinajstić information content (AvgIpc) is 2.88. The lowest BCUT2D eigenvalue weighted by Crippen LogP contribution is -2.54. The number of carbonyl (C=O) groups is 1. The fourth-order valence-electron chi connectivity index (χ4n) is 2.81. The summed E-state index contributed by atoms with van der Waals surface area (Å²) in [5.41, 5.74) is 6.29. The van der Waals surface area contributed by atoms with E-state index in [2.05, 4.69) is 5.32 Å². The summed E-state index contributed by atoms with van der Waals surface area (Å²) < 4.78 is 0. The van der Waals surface area contributed by atoms with Crippen molar-refractivity contribution in [1.82, 2.24) is 5.32 Å². The Bertz CT molecular complexity index is 447. The van der Waals surface area contributed by atoms with Crippen LogP contribution in [0.1, 0.15) is 50.7 Å². The fourth-order valence-corrected chi connectivity index (χ4v) is 2.81. The Balaban J connectivity index is 0.00000220. The lowest BCUT2D eigenvalue weighted by atomic mass is 9.96. The summed E-state index contributed by atoms with van der Waals surface area (Å²) in [7, 11) is 0. The Morgan fingerprint density at radius 3 is 2.48 bits per heavy atom. The van der Waals surface area contributed by atoms with E-state index in [1.165, 1.54) is 0 Å². The number of benzene rings is 1. The molecule has 2 rings (SSSR count). The van der Waals surface area contributed by atoms with Crippen LogP contribution in [0.25, 0.3) is 0 Å². The summed E-state index contributed by atoms with van der Waals surface area (Å²) >= 11 is 0. The molecule has 0 heterocycles. The number of amides is 1. The Hall–Kier alpha value is -1.10. The van der Waals surface area contributed by atoms with E-state index in [0.29, 0.717) is 6.42 Å². The molecule has 0 saturated heterocycles. The van der Waals surface area contributed by atoms with Crippen molar-refractivity contribution in [3.8, 4) is 0 Å². The molecule has 0 bridgehead atoms. The van der Waals surface area contributed by atoms with Crippen LogP contribution >= 0.6 is 12.4 Å². The third-order valence-corrected chi connectivity index (χ3v) is 4.09. The van der Waals surface area contributed by atoms with Gasteiger partial charge in [-0.1, -0.05) is 43.2 Å². The van der Waals surface area contributed by atoms with Crippen LogP contribution in [0, 0.1) is 0 Å². The molecular weight excluding hydrogens is 288 g/mol. The Morgan fingerprint density at radius 1 is 1.33 bits per heavy atom. The lowest BCUT2D eigenvalue weighted by molar-refractivity contribution is -0.127. The molecule has 2 unspecified atom stereocenters. The van der Waals surface area contributed by atoms with Crippen LogP contribution < -0.4 is 11.1 Å². The first-order valence-electron chi connectivity index (χ1n) is 7.34. The lowest BCUT2D eigenvalue weighted by Gasteiger charge is -2.26. The normalized spacial score (nSPS) is 19.4. The number of hydrogen-bond donors (Lipinski definition) is 3. The zero-order valence-electron chi connectivity index (χ0n) is 12.4. The Morgan fingerprint density at radius 2 is 1.90 bits per heavy atom. The van der Waals surface area contributed by atoms with Crippen LogP contribution in [0.4, 0.5) is 0 Å². The second-order valence-electron chi connectivity index (χ2n) is 5.90. The van der Waals surface area contributed by atoms with Crippen molar-refractivity contribution in [2.75, 3.05) is 0 Å². The minimum absolute atomic E-state index is 0. The SMILES string of the molecule is CC(CC(O)c1ccccc1)NC(=O)C1(N)CCCC1.Cl. The van der Waals surface area contributed by atoms with E-state index in [4.69, 9.17) is 5.73 Å². The van der Waals surface area contributed by atoms with Gasteiger partial charge in [-0.15, -0.1) is 12.4 Å².